The molecule has 1 aromatic carbocycles. The predicted molar refractivity (Wildman–Crippen MR) is 136 cm³/mol. The highest BCUT2D eigenvalue weighted by Gasteiger charge is 2.53. The van der Waals surface area contributed by atoms with Crippen molar-refractivity contribution < 1.29 is 38.1 Å². The summed E-state index contributed by atoms with van der Waals surface area (Å²) >= 11 is 0. The minimum atomic E-state index is -4.33. The molecular formula is C24H30N5O8P. The molecule has 1 aliphatic rings. The minimum absolute atomic E-state index is 0.111. The molecule has 4 atom stereocenters. The van der Waals surface area contributed by atoms with Gasteiger partial charge in [0.25, 0.3) is 0 Å². The summed E-state index contributed by atoms with van der Waals surface area (Å²) < 4.78 is 37.4. The van der Waals surface area contributed by atoms with Gasteiger partial charge in [0, 0.05) is 0 Å². The number of aliphatic hydroxyl groups excluding tert-OH is 2. The fraction of sp³-hybridized carbons (Fsp3) is 0.375. The van der Waals surface area contributed by atoms with E-state index in [-0.39, 0.29) is 23.9 Å². The van der Waals surface area contributed by atoms with Crippen LogP contribution in [0.15, 0.2) is 60.8 Å². The third-order valence-corrected chi connectivity index (χ3v) is 7.62. The highest BCUT2D eigenvalue weighted by molar-refractivity contribution is 7.52. The van der Waals surface area contributed by atoms with Crippen molar-refractivity contribution in [2.24, 2.45) is 0 Å². The molecule has 38 heavy (non-hydrogen) atoms. The van der Waals surface area contributed by atoms with Gasteiger partial charge in [0.1, 0.15) is 41.6 Å². The number of fused-ring (bicyclic) bond motifs is 1. The number of esters is 1. The van der Waals surface area contributed by atoms with Crippen LogP contribution < -0.4 is 15.3 Å². The summed E-state index contributed by atoms with van der Waals surface area (Å²) in [5.74, 6) is -0.508. The number of aromatic nitrogens is 3. The van der Waals surface area contributed by atoms with Gasteiger partial charge in [-0.05, 0) is 52.0 Å². The van der Waals surface area contributed by atoms with Gasteiger partial charge in [-0.2, -0.15) is 10.2 Å². The first-order chi connectivity index (χ1) is 17.9. The van der Waals surface area contributed by atoms with Crippen molar-refractivity contribution in [1.29, 1.82) is 0 Å². The SMILES string of the molecule is CCOC(=O)C(C)(C)NP(=O)(O/C=C1/O[C@@](C)(c2ccc3c(N)ncnn23)[C@H](O)[C@@H]1O)Oc1ccccc1. The molecule has 1 aliphatic heterocycles. The fourth-order valence-electron chi connectivity index (χ4n) is 3.96. The van der Waals surface area contributed by atoms with Crippen molar-refractivity contribution in [2.45, 2.75) is 51.0 Å². The normalized spacial score (nSPS) is 24.1. The van der Waals surface area contributed by atoms with Crippen molar-refractivity contribution in [2.75, 3.05) is 12.3 Å². The third-order valence-electron chi connectivity index (χ3n) is 5.95. The highest BCUT2D eigenvalue weighted by Crippen LogP contribution is 2.49. The maximum absolute atomic E-state index is 13.8. The summed E-state index contributed by atoms with van der Waals surface area (Å²) in [5.41, 5.74) is 3.79. The van der Waals surface area contributed by atoms with E-state index in [2.05, 4.69) is 15.2 Å². The zero-order chi connectivity index (χ0) is 27.7. The Labute approximate surface area is 218 Å². The Morgan fingerprint density at radius 2 is 2.00 bits per heavy atom. The van der Waals surface area contributed by atoms with Gasteiger partial charge in [0.05, 0.1) is 12.3 Å². The summed E-state index contributed by atoms with van der Waals surface area (Å²) in [6.07, 6.45) is -0.894. The van der Waals surface area contributed by atoms with Crippen LogP contribution in [0.1, 0.15) is 33.4 Å². The molecule has 0 spiro atoms. The number of aliphatic hydroxyl groups is 2. The van der Waals surface area contributed by atoms with Gasteiger partial charge < -0.3 is 34.5 Å². The van der Waals surface area contributed by atoms with E-state index in [0.717, 1.165) is 6.26 Å². The molecule has 0 bridgehead atoms. The van der Waals surface area contributed by atoms with Gasteiger partial charge in [-0.3, -0.25) is 4.79 Å². The van der Waals surface area contributed by atoms with Crippen molar-refractivity contribution in [3.8, 4) is 5.75 Å². The Kier molecular flexibility index (Phi) is 7.39. The second-order valence-corrected chi connectivity index (χ2v) is 10.9. The van der Waals surface area contributed by atoms with Crippen molar-refractivity contribution in [3.05, 3.63) is 66.5 Å². The van der Waals surface area contributed by atoms with Crippen molar-refractivity contribution in [1.82, 2.24) is 19.7 Å². The first-order valence-electron chi connectivity index (χ1n) is 11.7. The number of hydrogen-bond donors (Lipinski definition) is 4. The van der Waals surface area contributed by atoms with Gasteiger partial charge in [0.2, 0.25) is 0 Å². The summed E-state index contributed by atoms with van der Waals surface area (Å²) in [7, 11) is -4.33. The molecule has 0 amide bonds. The number of ether oxygens (including phenoxy) is 2. The lowest BCUT2D eigenvalue weighted by atomic mass is 9.94. The summed E-state index contributed by atoms with van der Waals surface area (Å²) in [6, 6.07) is 11.5. The minimum Gasteiger partial charge on any atom is -0.477 e. The summed E-state index contributed by atoms with van der Waals surface area (Å²) in [6.45, 7) is 6.21. The molecule has 0 aliphatic carbocycles. The van der Waals surface area contributed by atoms with E-state index in [0.29, 0.717) is 11.2 Å². The second kappa shape index (κ2) is 10.3. The molecule has 3 heterocycles. The van der Waals surface area contributed by atoms with E-state index in [1.807, 2.05) is 0 Å². The molecule has 5 N–H and O–H groups in total. The molecule has 1 saturated heterocycles. The van der Waals surface area contributed by atoms with E-state index >= 15 is 0 Å². The number of hydrogen-bond acceptors (Lipinski definition) is 11. The number of nitrogens with zero attached hydrogens (tertiary/aromatic N) is 3. The number of nitrogen functional groups attached to an aromatic ring is 1. The summed E-state index contributed by atoms with van der Waals surface area (Å²) in [5, 5.41) is 28.5. The van der Waals surface area contributed by atoms with Gasteiger partial charge in [0.15, 0.2) is 17.2 Å². The fourth-order valence-corrected chi connectivity index (χ4v) is 5.52. The predicted octanol–water partition coefficient (Wildman–Crippen LogP) is 2.26. The van der Waals surface area contributed by atoms with Crippen molar-refractivity contribution in [3.63, 3.8) is 0 Å². The zero-order valence-electron chi connectivity index (χ0n) is 21.3. The number of carbonyl (C=O) groups excluding carboxylic acids is 1. The molecule has 1 fully saturated rings. The molecular weight excluding hydrogens is 517 g/mol. The molecule has 4 rings (SSSR count). The van der Waals surface area contributed by atoms with Crippen LogP contribution in [0.2, 0.25) is 0 Å². The van der Waals surface area contributed by atoms with Crippen LogP contribution in [-0.2, 0) is 29.0 Å². The Balaban J connectivity index is 1.65. The Morgan fingerprint density at radius 3 is 2.68 bits per heavy atom. The number of benzene rings is 1. The van der Waals surface area contributed by atoms with Crippen LogP contribution in [0.25, 0.3) is 5.52 Å². The standard InChI is InChI=1S/C24H30N5O8P/c1-5-34-22(32)23(2,3)28-38(33,37-15-9-7-6-8-10-15)35-13-17-19(30)20(31)24(4,36-17)18-12-11-16-21(25)26-14-27-29(16)18/h6-14,19-20,30-31H,5H2,1-4H3,(H,28,33)(H2,25,26,27)/b17-13+/t19-,20-,24+,38?/m1/s1. The first kappa shape index (κ1) is 27.4. The first-order valence-corrected chi connectivity index (χ1v) is 13.3. The van der Waals surface area contributed by atoms with E-state index < -0.39 is 37.1 Å². The quantitative estimate of drug-likeness (QED) is 0.175. The van der Waals surface area contributed by atoms with Crippen LogP contribution in [0.4, 0.5) is 5.82 Å². The Morgan fingerprint density at radius 1 is 1.29 bits per heavy atom. The molecule has 2 aromatic heterocycles. The average molecular weight is 548 g/mol. The van der Waals surface area contributed by atoms with Crippen molar-refractivity contribution >= 4 is 25.1 Å². The number of nitrogens with two attached hydrogens (primary N) is 1. The maximum atomic E-state index is 13.8. The van der Waals surface area contributed by atoms with E-state index in [9.17, 15) is 19.6 Å². The zero-order valence-corrected chi connectivity index (χ0v) is 22.2. The number of para-hydroxylation sites is 1. The largest absolute Gasteiger partial charge is 0.513 e. The number of rotatable bonds is 9. The molecule has 14 heteroatoms. The van der Waals surface area contributed by atoms with E-state index in [4.69, 9.17) is 24.3 Å². The lowest BCUT2D eigenvalue weighted by Crippen LogP contribution is -2.46. The molecule has 204 valence electrons. The highest BCUT2D eigenvalue weighted by atomic mass is 31.2. The molecule has 13 nitrogen and oxygen atoms in total. The second-order valence-electron chi connectivity index (χ2n) is 9.24. The van der Waals surface area contributed by atoms with Crippen LogP contribution in [-0.4, -0.2) is 55.1 Å². The van der Waals surface area contributed by atoms with E-state index in [1.54, 1.807) is 56.3 Å². The number of carbonyl (C=O) groups is 1. The number of anilines is 1. The topological polar surface area (TPSA) is 180 Å². The van der Waals surface area contributed by atoms with Crippen LogP contribution in [0.5, 0.6) is 5.75 Å². The van der Waals surface area contributed by atoms with Gasteiger partial charge in [-0.15, -0.1) is 0 Å². The lowest BCUT2D eigenvalue weighted by molar-refractivity contribution is -0.149. The van der Waals surface area contributed by atoms with Crippen LogP contribution in [0, 0.1) is 0 Å². The van der Waals surface area contributed by atoms with Crippen LogP contribution in [0.3, 0.4) is 0 Å². The molecule has 0 saturated carbocycles. The Hall–Kier alpha value is -3.64. The molecule has 1 unspecified atom stereocenters. The van der Waals surface area contributed by atoms with Gasteiger partial charge >= 0.3 is 13.7 Å². The number of nitrogens with one attached hydrogen (secondary N) is 1. The maximum Gasteiger partial charge on any atom is 0.513 e. The monoisotopic (exact) mass is 547 g/mol. The Bertz CT molecular complexity index is 1390. The molecule has 3 aromatic rings. The van der Waals surface area contributed by atoms with Gasteiger partial charge in [-0.25, -0.2) is 14.1 Å². The average Bonchev–Trinajstić information content (AvgIpc) is 3.40. The van der Waals surface area contributed by atoms with Crippen LogP contribution >= 0.6 is 7.75 Å². The lowest BCUT2D eigenvalue weighted by Gasteiger charge is -2.28. The van der Waals surface area contributed by atoms with Gasteiger partial charge in [-0.1, -0.05) is 18.2 Å². The van der Waals surface area contributed by atoms with E-state index in [1.165, 1.54) is 24.7 Å². The smallest absolute Gasteiger partial charge is 0.477 e. The summed E-state index contributed by atoms with van der Waals surface area (Å²) in [4.78, 5) is 16.4. The third kappa shape index (κ3) is 5.18. The molecule has 0 radical (unpaired) electrons.